The molecule has 0 aromatic rings. The molecule has 3 rings (SSSR count). The van der Waals surface area contributed by atoms with Crippen molar-refractivity contribution in [1.82, 2.24) is 4.90 Å². The van der Waals surface area contributed by atoms with Crippen LogP contribution in [0.25, 0.3) is 0 Å². The largest absolute Gasteiger partial charge is 0.469 e. The number of hydrogen-bond acceptors (Lipinski definition) is 5. The highest BCUT2D eigenvalue weighted by Gasteiger charge is 2.61. The number of carbonyl (C=O) groups is 1. The van der Waals surface area contributed by atoms with Gasteiger partial charge in [-0.25, -0.2) is 0 Å². The number of hydrogen-bond donors (Lipinski definition) is 1. The second kappa shape index (κ2) is 6.10. The fourth-order valence-electron chi connectivity index (χ4n) is 4.62. The molecular weight excluding hydrogens is 282 g/mol. The van der Waals surface area contributed by atoms with Gasteiger partial charge >= 0.3 is 5.97 Å². The van der Waals surface area contributed by atoms with E-state index in [2.05, 4.69) is 11.8 Å². The van der Waals surface area contributed by atoms with Crippen molar-refractivity contribution in [3.63, 3.8) is 0 Å². The van der Waals surface area contributed by atoms with Crippen molar-refractivity contribution in [2.24, 2.45) is 11.3 Å². The minimum Gasteiger partial charge on any atom is -0.469 e. The SMILES string of the molecule is COC(=O)C1(C2(O)CCCN(C(C)C3CCOC3)C2)CCC1. The van der Waals surface area contributed by atoms with E-state index in [1.807, 2.05) is 0 Å². The third kappa shape index (κ3) is 2.47. The van der Waals surface area contributed by atoms with Gasteiger partial charge in [0, 0.05) is 19.2 Å². The molecule has 5 heteroatoms. The Hall–Kier alpha value is -0.650. The quantitative estimate of drug-likeness (QED) is 0.799. The molecule has 3 atom stereocenters. The number of methoxy groups -OCH3 is 1. The molecular formula is C17H29NO4. The first-order valence-electron chi connectivity index (χ1n) is 8.65. The summed E-state index contributed by atoms with van der Waals surface area (Å²) in [5.41, 5.74) is -1.61. The number of ether oxygens (including phenoxy) is 2. The maximum absolute atomic E-state index is 12.3. The van der Waals surface area contributed by atoms with Crippen LogP contribution in [0, 0.1) is 11.3 Å². The van der Waals surface area contributed by atoms with E-state index in [-0.39, 0.29) is 5.97 Å². The molecule has 2 saturated heterocycles. The molecule has 0 bridgehead atoms. The van der Waals surface area contributed by atoms with Gasteiger partial charge in [0.15, 0.2) is 0 Å². The van der Waals surface area contributed by atoms with E-state index >= 15 is 0 Å². The molecule has 1 N–H and O–H groups in total. The third-order valence-corrected chi connectivity index (χ3v) is 6.40. The summed E-state index contributed by atoms with van der Waals surface area (Å²) in [4.78, 5) is 14.7. The lowest BCUT2D eigenvalue weighted by molar-refractivity contribution is -0.200. The van der Waals surface area contributed by atoms with E-state index in [9.17, 15) is 9.90 Å². The number of rotatable bonds is 4. The summed E-state index contributed by atoms with van der Waals surface area (Å²) in [6, 6.07) is 0.393. The Labute approximate surface area is 133 Å². The first kappa shape index (κ1) is 16.2. The molecule has 0 aromatic carbocycles. The minimum atomic E-state index is -0.940. The van der Waals surface area contributed by atoms with Gasteiger partial charge in [-0.3, -0.25) is 9.69 Å². The zero-order chi connectivity index (χ0) is 15.8. The van der Waals surface area contributed by atoms with E-state index < -0.39 is 11.0 Å². The van der Waals surface area contributed by atoms with Crippen LogP contribution in [0.5, 0.6) is 0 Å². The molecule has 1 aliphatic carbocycles. The van der Waals surface area contributed by atoms with Crippen LogP contribution in [0.15, 0.2) is 0 Å². The summed E-state index contributed by atoms with van der Waals surface area (Å²) >= 11 is 0. The van der Waals surface area contributed by atoms with Crippen LogP contribution in [0.2, 0.25) is 0 Å². The topological polar surface area (TPSA) is 59.0 Å². The molecule has 3 aliphatic rings. The Bertz CT molecular complexity index is 417. The zero-order valence-electron chi connectivity index (χ0n) is 13.8. The van der Waals surface area contributed by atoms with Crippen LogP contribution in [-0.4, -0.2) is 61.0 Å². The van der Waals surface area contributed by atoms with Crippen molar-refractivity contribution in [3.05, 3.63) is 0 Å². The molecule has 22 heavy (non-hydrogen) atoms. The van der Waals surface area contributed by atoms with Gasteiger partial charge in [0.2, 0.25) is 0 Å². The number of nitrogens with zero attached hydrogens (tertiary/aromatic N) is 1. The van der Waals surface area contributed by atoms with Gasteiger partial charge < -0.3 is 14.6 Å². The van der Waals surface area contributed by atoms with Crippen molar-refractivity contribution in [2.75, 3.05) is 33.4 Å². The van der Waals surface area contributed by atoms with Crippen molar-refractivity contribution in [3.8, 4) is 0 Å². The lowest BCUT2D eigenvalue weighted by Crippen LogP contribution is -2.65. The standard InChI is InChI=1S/C17H29NO4/c1-13(14-5-10-22-11-14)18-9-4-8-17(20,12-18)16(6-3-7-16)15(19)21-2/h13-14,20H,3-12H2,1-2H3. The van der Waals surface area contributed by atoms with Crippen LogP contribution < -0.4 is 0 Å². The van der Waals surface area contributed by atoms with Gasteiger partial charge in [-0.15, -0.1) is 0 Å². The fraction of sp³-hybridized carbons (Fsp3) is 0.941. The van der Waals surface area contributed by atoms with Crippen molar-refractivity contribution >= 4 is 5.97 Å². The Balaban J connectivity index is 1.74. The maximum Gasteiger partial charge on any atom is 0.314 e. The monoisotopic (exact) mass is 311 g/mol. The first-order valence-corrected chi connectivity index (χ1v) is 8.65. The number of aliphatic hydroxyl groups is 1. The van der Waals surface area contributed by atoms with Gasteiger partial charge in [0.1, 0.15) is 0 Å². The second-order valence-corrected chi connectivity index (χ2v) is 7.40. The van der Waals surface area contributed by atoms with E-state index in [1.54, 1.807) is 0 Å². The van der Waals surface area contributed by atoms with Gasteiger partial charge in [-0.05, 0) is 51.5 Å². The number of likely N-dealkylation sites (tertiary alicyclic amines) is 1. The fourth-order valence-corrected chi connectivity index (χ4v) is 4.62. The predicted octanol–water partition coefficient (Wildman–Crippen LogP) is 1.58. The summed E-state index contributed by atoms with van der Waals surface area (Å²) in [7, 11) is 1.44. The molecule has 1 saturated carbocycles. The van der Waals surface area contributed by atoms with E-state index in [0.29, 0.717) is 24.9 Å². The Kier molecular flexibility index (Phi) is 4.49. The van der Waals surface area contributed by atoms with Gasteiger partial charge in [0.25, 0.3) is 0 Å². The van der Waals surface area contributed by atoms with Crippen LogP contribution in [0.1, 0.15) is 45.4 Å². The lowest BCUT2D eigenvalue weighted by Gasteiger charge is -2.55. The van der Waals surface area contributed by atoms with Gasteiger partial charge in [-0.2, -0.15) is 0 Å². The summed E-state index contributed by atoms with van der Waals surface area (Å²) in [6.45, 7) is 5.48. The molecule has 0 radical (unpaired) electrons. The Morgan fingerprint density at radius 1 is 1.36 bits per heavy atom. The smallest absolute Gasteiger partial charge is 0.314 e. The highest BCUT2D eigenvalue weighted by molar-refractivity contribution is 5.79. The molecule has 2 heterocycles. The van der Waals surface area contributed by atoms with Crippen LogP contribution >= 0.6 is 0 Å². The number of β-amino-alcohol motifs (C(OH)–C–C–N with tert-alkyl or cyclic N) is 1. The molecule has 3 fully saturated rings. The summed E-state index contributed by atoms with van der Waals surface area (Å²) in [5, 5.41) is 11.3. The summed E-state index contributed by atoms with van der Waals surface area (Å²) in [6.07, 6.45) is 5.25. The van der Waals surface area contributed by atoms with Gasteiger partial charge in [0.05, 0.1) is 24.7 Å². The maximum atomic E-state index is 12.3. The lowest BCUT2D eigenvalue weighted by atomic mass is 9.56. The Morgan fingerprint density at radius 3 is 2.68 bits per heavy atom. The summed E-state index contributed by atoms with van der Waals surface area (Å²) < 4.78 is 10.5. The van der Waals surface area contributed by atoms with Crippen molar-refractivity contribution < 1.29 is 19.4 Å². The van der Waals surface area contributed by atoms with Crippen LogP contribution in [0.3, 0.4) is 0 Å². The number of esters is 1. The van der Waals surface area contributed by atoms with Crippen molar-refractivity contribution in [2.45, 2.75) is 57.1 Å². The second-order valence-electron chi connectivity index (χ2n) is 7.40. The average Bonchev–Trinajstić information content (AvgIpc) is 2.98. The third-order valence-electron chi connectivity index (χ3n) is 6.40. The first-order chi connectivity index (χ1) is 10.5. The molecule has 0 amide bonds. The van der Waals surface area contributed by atoms with Crippen molar-refractivity contribution in [1.29, 1.82) is 0 Å². The number of carbonyl (C=O) groups excluding carboxylic acids is 1. The normalized spacial score (nSPS) is 36.6. The number of piperidine rings is 1. The van der Waals surface area contributed by atoms with E-state index in [1.165, 1.54) is 7.11 Å². The Morgan fingerprint density at radius 2 is 2.14 bits per heavy atom. The molecule has 5 nitrogen and oxygen atoms in total. The minimum absolute atomic E-state index is 0.222. The molecule has 2 aliphatic heterocycles. The molecule has 0 aromatic heterocycles. The predicted molar refractivity (Wildman–Crippen MR) is 82.4 cm³/mol. The molecule has 0 spiro atoms. The zero-order valence-corrected chi connectivity index (χ0v) is 13.8. The van der Waals surface area contributed by atoms with Crippen LogP contribution in [-0.2, 0) is 14.3 Å². The summed E-state index contributed by atoms with van der Waals surface area (Å²) in [5.74, 6) is 0.317. The molecule has 3 unspecified atom stereocenters. The van der Waals surface area contributed by atoms with Crippen LogP contribution in [0.4, 0.5) is 0 Å². The van der Waals surface area contributed by atoms with E-state index in [4.69, 9.17) is 9.47 Å². The van der Waals surface area contributed by atoms with Gasteiger partial charge in [-0.1, -0.05) is 6.42 Å². The highest BCUT2D eigenvalue weighted by atomic mass is 16.5. The highest BCUT2D eigenvalue weighted by Crippen LogP contribution is 2.53. The molecule has 126 valence electrons. The average molecular weight is 311 g/mol. The van der Waals surface area contributed by atoms with E-state index in [0.717, 1.165) is 51.9 Å².